The summed E-state index contributed by atoms with van der Waals surface area (Å²) in [7, 11) is -2.03. The maximum atomic E-state index is 12.7. The van der Waals surface area contributed by atoms with E-state index in [9.17, 15) is 13.2 Å². The van der Waals surface area contributed by atoms with E-state index in [1.165, 1.54) is 11.4 Å². The number of carbonyl (C=O) groups excluding carboxylic acids is 1. The van der Waals surface area contributed by atoms with E-state index in [1.54, 1.807) is 61.5 Å². The minimum absolute atomic E-state index is 0.0756. The maximum absolute atomic E-state index is 12.7. The number of nitrogens with zero attached hydrogens (tertiary/aromatic N) is 1. The van der Waals surface area contributed by atoms with E-state index in [1.807, 2.05) is 6.07 Å². The monoisotopic (exact) mass is 536 g/mol. The summed E-state index contributed by atoms with van der Waals surface area (Å²) >= 11 is 12.3. The molecule has 0 spiro atoms. The number of benzene rings is 3. The van der Waals surface area contributed by atoms with Crippen molar-refractivity contribution in [2.45, 2.75) is 19.8 Å². The van der Waals surface area contributed by atoms with E-state index in [4.69, 9.17) is 32.7 Å². The van der Waals surface area contributed by atoms with E-state index < -0.39 is 10.0 Å². The number of nitrogens with one attached hydrogen (secondary N) is 1. The van der Waals surface area contributed by atoms with Crippen molar-refractivity contribution in [3.63, 3.8) is 0 Å². The Kier molecular flexibility index (Phi) is 8.88. The lowest BCUT2D eigenvalue weighted by atomic mass is 10.2. The van der Waals surface area contributed by atoms with E-state index in [-0.39, 0.29) is 25.3 Å². The molecule has 0 bridgehead atoms. The highest BCUT2D eigenvalue weighted by Crippen LogP contribution is 2.36. The molecule has 7 nitrogen and oxygen atoms in total. The van der Waals surface area contributed by atoms with Crippen LogP contribution >= 0.6 is 23.2 Å². The van der Waals surface area contributed by atoms with Crippen LogP contribution in [0.3, 0.4) is 0 Å². The molecule has 0 aliphatic heterocycles. The molecule has 0 aliphatic carbocycles. The topological polar surface area (TPSA) is 84.9 Å². The zero-order chi connectivity index (χ0) is 25.6. The van der Waals surface area contributed by atoms with E-state index in [0.717, 1.165) is 6.26 Å². The number of hydrogen-bond acceptors (Lipinski definition) is 5. The normalized spacial score (nSPS) is 11.1. The zero-order valence-electron chi connectivity index (χ0n) is 19.5. The van der Waals surface area contributed by atoms with Gasteiger partial charge in [-0.25, -0.2) is 8.42 Å². The van der Waals surface area contributed by atoms with Gasteiger partial charge in [0, 0.05) is 23.0 Å². The van der Waals surface area contributed by atoms with Gasteiger partial charge in [0.05, 0.1) is 24.7 Å². The molecule has 3 aromatic carbocycles. The molecule has 3 rings (SSSR count). The fourth-order valence-electron chi connectivity index (χ4n) is 3.44. The third-order valence-corrected chi connectivity index (χ3v) is 7.00. The van der Waals surface area contributed by atoms with Crippen molar-refractivity contribution in [2.24, 2.45) is 0 Å². The fourth-order valence-corrected chi connectivity index (χ4v) is 4.80. The summed E-state index contributed by atoms with van der Waals surface area (Å²) in [6, 6.07) is 17.1. The number of anilines is 2. The van der Waals surface area contributed by atoms with Gasteiger partial charge in [0.15, 0.2) is 17.2 Å². The van der Waals surface area contributed by atoms with Crippen molar-refractivity contribution in [3.05, 3.63) is 76.3 Å². The van der Waals surface area contributed by atoms with Crippen molar-refractivity contribution in [1.29, 1.82) is 0 Å². The minimum atomic E-state index is -3.57. The molecule has 1 N–H and O–H groups in total. The number of rotatable bonds is 10. The number of hydrogen-bond donors (Lipinski definition) is 1. The number of amides is 1. The molecule has 3 aromatic rings. The Morgan fingerprint density at radius 1 is 1.00 bits per heavy atom. The van der Waals surface area contributed by atoms with Gasteiger partial charge in [0.1, 0.15) is 0 Å². The Morgan fingerprint density at radius 2 is 1.71 bits per heavy atom. The summed E-state index contributed by atoms with van der Waals surface area (Å²) in [5.74, 6) is 1.10. The molecular weight excluding hydrogens is 511 g/mol. The largest absolute Gasteiger partial charge is 0.493 e. The third-order valence-electron chi connectivity index (χ3n) is 5.18. The SMILES string of the molecule is COc1ccccc1Oc1ccc(Cl)cc1NC(=O)CCCN(c1cccc(Cl)c1C)S(C)(=O)=O. The summed E-state index contributed by atoms with van der Waals surface area (Å²) in [5, 5.41) is 3.70. The highest BCUT2D eigenvalue weighted by Gasteiger charge is 2.20. The van der Waals surface area contributed by atoms with E-state index >= 15 is 0 Å². The van der Waals surface area contributed by atoms with E-state index in [2.05, 4.69) is 5.32 Å². The lowest BCUT2D eigenvalue weighted by Gasteiger charge is -2.24. The van der Waals surface area contributed by atoms with Gasteiger partial charge >= 0.3 is 0 Å². The Labute approximate surface area is 215 Å². The number of ether oxygens (including phenoxy) is 2. The summed E-state index contributed by atoms with van der Waals surface area (Å²) < 4.78 is 37.4. The second-order valence-corrected chi connectivity index (χ2v) is 10.5. The molecule has 0 heterocycles. The van der Waals surface area contributed by atoms with Gasteiger partial charge in [0.2, 0.25) is 15.9 Å². The second-order valence-electron chi connectivity index (χ2n) is 7.76. The number of methoxy groups -OCH3 is 1. The van der Waals surface area contributed by atoms with Crippen LogP contribution in [0.15, 0.2) is 60.7 Å². The molecule has 0 aliphatic rings. The predicted molar refractivity (Wildman–Crippen MR) is 141 cm³/mol. The number of halogens is 2. The second kappa shape index (κ2) is 11.7. The van der Waals surface area contributed by atoms with Crippen molar-refractivity contribution >= 4 is 50.5 Å². The first-order valence-electron chi connectivity index (χ1n) is 10.7. The average Bonchev–Trinajstić information content (AvgIpc) is 2.80. The molecule has 0 unspecified atom stereocenters. The van der Waals surface area contributed by atoms with Crippen molar-refractivity contribution in [3.8, 4) is 17.2 Å². The summed E-state index contributed by atoms with van der Waals surface area (Å²) in [4.78, 5) is 12.7. The Bertz CT molecular complexity index is 1310. The van der Waals surface area contributed by atoms with E-state index in [0.29, 0.717) is 44.2 Å². The lowest BCUT2D eigenvalue weighted by Crippen LogP contribution is -2.32. The highest BCUT2D eigenvalue weighted by atomic mass is 35.5. The van der Waals surface area contributed by atoms with Crippen LogP contribution in [-0.2, 0) is 14.8 Å². The van der Waals surface area contributed by atoms with Crippen LogP contribution < -0.4 is 19.1 Å². The van der Waals surface area contributed by atoms with Gasteiger partial charge in [0.25, 0.3) is 0 Å². The minimum Gasteiger partial charge on any atom is -0.493 e. The Hall–Kier alpha value is -2.94. The average molecular weight is 537 g/mol. The molecule has 10 heteroatoms. The summed E-state index contributed by atoms with van der Waals surface area (Å²) in [5.41, 5.74) is 1.53. The number of para-hydroxylation sites is 2. The highest BCUT2D eigenvalue weighted by molar-refractivity contribution is 7.92. The van der Waals surface area contributed by atoms with Crippen LogP contribution in [0.5, 0.6) is 17.2 Å². The number of carbonyl (C=O) groups is 1. The Morgan fingerprint density at radius 3 is 2.40 bits per heavy atom. The van der Waals surface area contributed by atoms with Gasteiger partial charge in [-0.05, 0) is 61.4 Å². The lowest BCUT2D eigenvalue weighted by molar-refractivity contribution is -0.116. The van der Waals surface area contributed by atoms with Gasteiger partial charge in [-0.1, -0.05) is 41.4 Å². The smallest absolute Gasteiger partial charge is 0.232 e. The first-order chi connectivity index (χ1) is 16.6. The summed E-state index contributed by atoms with van der Waals surface area (Å²) in [6.45, 7) is 1.87. The third kappa shape index (κ3) is 7.04. The van der Waals surface area contributed by atoms with Crippen LogP contribution in [0, 0.1) is 6.92 Å². The molecule has 0 saturated heterocycles. The Balaban J connectivity index is 1.70. The van der Waals surface area contributed by atoms with Gasteiger partial charge < -0.3 is 14.8 Å². The van der Waals surface area contributed by atoms with Crippen LogP contribution in [0.2, 0.25) is 10.0 Å². The molecule has 0 atom stereocenters. The van der Waals surface area contributed by atoms with Crippen LogP contribution in [-0.4, -0.2) is 34.2 Å². The van der Waals surface area contributed by atoms with Crippen LogP contribution in [0.25, 0.3) is 0 Å². The molecular formula is C25H26Cl2N2O5S. The molecule has 1 amide bonds. The number of sulfonamides is 1. The van der Waals surface area contributed by atoms with Gasteiger partial charge in [-0.3, -0.25) is 9.10 Å². The van der Waals surface area contributed by atoms with Crippen LogP contribution in [0.1, 0.15) is 18.4 Å². The maximum Gasteiger partial charge on any atom is 0.232 e. The van der Waals surface area contributed by atoms with Gasteiger partial charge in [-0.15, -0.1) is 0 Å². The molecule has 0 aromatic heterocycles. The quantitative estimate of drug-likeness (QED) is 0.329. The van der Waals surface area contributed by atoms with Crippen molar-refractivity contribution in [2.75, 3.05) is 29.5 Å². The molecule has 0 fully saturated rings. The molecule has 0 radical (unpaired) electrons. The molecule has 186 valence electrons. The molecule has 35 heavy (non-hydrogen) atoms. The fraction of sp³-hybridized carbons (Fsp3) is 0.240. The van der Waals surface area contributed by atoms with Crippen LogP contribution in [0.4, 0.5) is 11.4 Å². The first kappa shape index (κ1) is 26.7. The zero-order valence-corrected chi connectivity index (χ0v) is 21.9. The first-order valence-corrected chi connectivity index (χ1v) is 13.3. The van der Waals surface area contributed by atoms with Gasteiger partial charge in [-0.2, -0.15) is 0 Å². The van der Waals surface area contributed by atoms with Crippen molar-refractivity contribution < 1.29 is 22.7 Å². The molecule has 0 saturated carbocycles. The van der Waals surface area contributed by atoms with Crippen molar-refractivity contribution in [1.82, 2.24) is 0 Å². The summed E-state index contributed by atoms with van der Waals surface area (Å²) in [6.07, 6.45) is 1.49. The predicted octanol–water partition coefficient (Wildman–Crippen LogP) is 6.29. The standard InChI is InChI=1S/C25H26Cl2N2O5S/c1-17-19(27)8-6-9-21(17)29(35(3,31)32)15-7-12-25(30)28-20-16-18(26)13-14-22(20)34-24-11-5-4-10-23(24)33-2/h4-6,8-11,13-14,16H,7,12,15H2,1-3H3,(H,28,30).